The second kappa shape index (κ2) is 26.4. The van der Waals surface area contributed by atoms with Crippen molar-refractivity contribution in [2.45, 2.75) is 159 Å². The Morgan fingerprint density at radius 2 is 0.760 bits per heavy atom. The van der Waals surface area contributed by atoms with Crippen molar-refractivity contribution >= 4 is 0 Å². The second-order valence-electron chi connectivity index (χ2n) is 14.8. The molecule has 3 heteroatoms. The van der Waals surface area contributed by atoms with Crippen molar-refractivity contribution in [1.29, 1.82) is 0 Å². The maximum Gasteiger partial charge on any atom is 0.164 e. The zero-order valence-corrected chi connectivity index (χ0v) is 33.7. The smallest absolute Gasteiger partial charge is 0.164 e. The van der Waals surface area contributed by atoms with Crippen LogP contribution in [0.2, 0.25) is 0 Å². The summed E-state index contributed by atoms with van der Waals surface area (Å²) >= 11 is 0. The third-order valence-corrected chi connectivity index (χ3v) is 9.31. The van der Waals surface area contributed by atoms with Gasteiger partial charge in [-0.1, -0.05) is 93.2 Å². The Labute approximate surface area is 308 Å². The molecule has 0 radical (unpaired) electrons. The van der Waals surface area contributed by atoms with Crippen molar-refractivity contribution in [2.75, 3.05) is 7.11 Å². The lowest BCUT2D eigenvalue weighted by molar-refractivity contribution is 0.366. The van der Waals surface area contributed by atoms with Crippen LogP contribution >= 0.6 is 0 Å². The molecule has 0 spiro atoms. The number of benzene rings is 1. The van der Waals surface area contributed by atoms with E-state index in [1.807, 2.05) is 0 Å². The third kappa shape index (κ3) is 22.3. The fraction of sp³-hybridized carbons (Fsp3) is 0.532. The molecule has 0 unspecified atom stereocenters. The van der Waals surface area contributed by atoms with Crippen molar-refractivity contribution in [3.8, 4) is 17.2 Å². The highest BCUT2D eigenvalue weighted by Gasteiger charge is 2.09. The highest BCUT2D eigenvalue weighted by Crippen LogP contribution is 2.34. The summed E-state index contributed by atoms with van der Waals surface area (Å²) in [4.78, 5) is 0. The monoisotopic (exact) mass is 685 g/mol. The Kier molecular flexibility index (Phi) is 23.5. The van der Waals surface area contributed by atoms with Gasteiger partial charge in [-0.25, -0.2) is 0 Å². The molecular formula is C47H72O3. The van der Waals surface area contributed by atoms with Crippen LogP contribution in [0.3, 0.4) is 0 Å². The van der Waals surface area contributed by atoms with E-state index in [0.717, 1.165) is 77.0 Å². The number of allylic oxidation sites excluding steroid dienone is 16. The molecule has 0 aromatic heterocycles. The number of phenolic OH excluding ortho intramolecular Hbond substituents is 2. The van der Waals surface area contributed by atoms with Gasteiger partial charge >= 0.3 is 0 Å². The Morgan fingerprint density at radius 3 is 1.06 bits per heavy atom. The summed E-state index contributed by atoms with van der Waals surface area (Å²) in [6.45, 7) is 20.1. The Bertz CT molecular complexity index is 1400. The van der Waals surface area contributed by atoms with Crippen LogP contribution < -0.4 is 4.74 Å². The summed E-state index contributed by atoms with van der Waals surface area (Å²) in [6, 6.07) is 3.02. The molecule has 0 atom stereocenters. The number of aromatic hydroxyl groups is 2. The molecule has 50 heavy (non-hydrogen) atoms. The molecular weight excluding hydrogens is 613 g/mol. The van der Waals surface area contributed by atoms with Crippen LogP contribution in [-0.2, 0) is 6.42 Å². The zero-order chi connectivity index (χ0) is 37.3. The van der Waals surface area contributed by atoms with Crippen molar-refractivity contribution in [3.05, 3.63) is 111 Å². The molecule has 3 nitrogen and oxygen atoms in total. The fourth-order valence-corrected chi connectivity index (χ4v) is 5.83. The minimum absolute atomic E-state index is 0.0958. The van der Waals surface area contributed by atoms with E-state index < -0.39 is 0 Å². The molecule has 2 N–H and O–H groups in total. The number of hydrogen-bond acceptors (Lipinski definition) is 3. The van der Waals surface area contributed by atoms with Crippen LogP contribution in [0, 0.1) is 0 Å². The number of hydrogen-bond donors (Lipinski definition) is 2. The second-order valence-corrected chi connectivity index (χ2v) is 14.8. The van der Waals surface area contributed by atoms with Crippen LogP contribution in [0.25, 0.3) is 0 Å². The molecule has 278 valence electrons. The molecule has 1 rings (SSSR count). The summed E-state index contributed by atoms with van der Waals surface area (Å²) < 4.78 is 5.14. The van der Waals surface area contributed by atoms with E-state index in [1.165, 1.54) is 70.6 Å². The van der Waals surface area contributed by atoms with Crippen molar-refractivity contribution in [1.82, 2.24) is 0 Å². The van der Waals surface area contributed by atoms with E-state index >= 15 is 0 Å². The van der Waals surface area contributed by atoms with Gasteiger partial charge in [0, 0.05) is 11.6 Å². The first-order chi connectivity index (χ1) is 23.8. The molecule has 1 aromatic carbocycles. The van der Waals surface area contributed by atoms with Crippen LogP contribution in [-0.4, -0.2) is 17.3 Å². The zero-order valence-electron chi connectivity index (χ0n) is 33.7. The molecule has 0 bridgehead atoms. The highest BCUT2D eigenvalue weighted by atomic mass is 16.5. The molecule has 0 heterocycles. The maximum absolute atomic E-state index is 10.3. The molecule has 1 aromatic rings. The third-order valence-electron chi connectivity index (χ3n) is 9.31. The summed E-state index contributed by atoms with van der Waals surface area (Å²) in [7, 11) is 1.49. The molecule has 0 aliphatic carbocycles. The van der Waals surface area contributed by atoms with Gasteiger partial charge in [-0.05, 0) is 165 Å². The van der Waals surface area contributed by atoms with Crippen molar-refractivity contribution in [2.24, 2.45) is 0 Å². The Morgan fingerprint density at radius 1 is 0.460 bits per heavy atom. The first-order valence-corrected chi connectivity index (χ1v) is 19.1. The Balaban J connectivity index is 2.29. The molecule has 0 amide bonds. The van der Waals surface area contributed by atoms with Gasteiger partial charge in [-0.3, -0.25) is 0 Å². The van der Waals surface area contributed by atoms with Gasteiger partial charge in [0.05, 0.1) is 7.11 Å². The predicted molar refractivity (Wildman–Crippen MR) is 220 cm³/mol. The van der Waals surface area contributed by atoms with Crippen molar-refractivity contribution in [3.63, 3.8) is 0 Å². The molecule has 0 fully saturated rings. The van der Waals surface area contributed by atoms with Crippen LogP contribution in [0.4, 0.5) is 0 Å². The first kappa shape index (κ1) is 44.6. The lowest BCUT2D eigenvalue weighted by Gasteiger charge is -2.09. The summed E-state index contributed by atoms with van der Waals surface area (Å²) in [5, 5.41) is 20.2. The van der Waals surface area contributed by atoms with E-state index in [4.69, 9.17) is 4.74 Å². The SMILES string of the molecule is COc1cc(O)cc(CC=C(C)CCC=C(C)CCC=C(C)CCC=C(C)CCC=C(C)CCC=C(C)CCC=C(C)CCC=C(C)C)c1O. The quantitative estimate of drug-likeness (QED) is 0.0842. The van der Waals surface area contributed by atoms with Gasteiger partial charge in [0.2, 0.25) is 0 Å². The molecule has 0 saturated carbocycles. The van der Waals surface area contributed by atoms with E-state index in [2.05, 4.69) is 111 Å². The van der Waals surface area contributed by atoms with E-state index in [1.54, 1.807) is 6.07 Å². The van der Waals surface area contributed by atoms with Crippen LogP contribution in [0.1, 0.15) is 158 Å². The maximum atomic E-state index is 10.3. The molecule has 0 aliphatic heterocycles. The minimum Gasteiger partial charge on any atom is -0.508 e. The van der Waals surface area contributed by atoms with Crippen LogP contribution in [0.5, 0.6) is 17.2 Å². The molecule has 0 saturated heterocycles. The normalized spacial score (nSPS) is 14.0. The lowest BCUT2D eigenvalue weighted by Crippen LogP contribution is -1.90. The summed E-state index contributed by atoms with van der Waals surface area (Å²) in [5.41, 5.74) is 12.3. The largest absolute Gasteiger partial charge is 0.508 e. The number of phenols is 2. The van der Waals surface area contributed by atoms with Crippen molar-refractivity contribution < 1.29 is 14.9 Å². The van der Waals surface area contributed by atoms with Gasteiger partial charge in [0.15, 0.2) is 11.5 Å². The summed E-state index contributed by atoms with van der Waals surface area (Å²) in [6.07, 6.45) is 35.2. The first-order valence-electron chi connectivity index (χ1n) is 19.1. The van der Waals surface area contributed by atoms with E-state index in [9.17, 15) is 10.2 Å². The minimum atomic E-state index is 0.0958. The number of rotatable bonds is 24. The number of ether oxygens (including phenoxy) is 1. The Hall–Kier alpha value is -3.46. The fourth-order valence-electron chi connectivity index (χ4n) is 5.83. The standard InChI is InChI=1S/C47H72O3/c1-36(2)18-11-19-37(3)20-12-21-38(4)22-13-23-39(5)24-14-25-40(6)26-15-27-41(7)28-16-29-42(8)30-17-31-43(9)32-33-44-34-45(48)35-46(50-10)47(44)49/h18,20,22,24,26,28,30,32,34-35,48-49H,11-17,19,21,23,25,27,29,31,33H2,1-10H3. The van der Waals surface area contributed by atoms with E-state index in [0.29, 0.717) is 17.7 Å². The van der Waals surface area contributed by atoms with Crippen LogP contribution in [0.15, 0.2) is 105 Å². The number of methoxy groups -OCH3 is 1. The van der Waals surface area contributed by atoms with Gasteiger partial charge in [-0.15, -0.1) is 0 Å². The average molecular weight is 685 g/mol. The topological polar surface area (TPSA) is 49.7 Å². The van der Waals surface area contributed by atoms with Gasteiger partial charge in [-0.2, -0.15) is 0 Å². The average Bonchev–Trinajstić information content (AvgIpc) is 3.04. The summed E-state index contributed by atoms with van der Waals surface area (Å²) in [5.74, 6) is 0.498. The predicted octanol–water partition coefficient (Wildman–Crippen LogP) is 14.7. The molecule has 0 aliphatic rings. The van der Waals surface area contributed by atoms with E-state index in [-0.39, 0.29) is 11.5 Å². The van der Waals surface area contributed by atoms with Gasteiger partial charge in [0.1, 0.15) is 5.75 Å². The van der Waals surface area contributed by atoms with Gasteiger partial charge < -0.3 is 14.9 Å². The van der Waals surface area contributed by atoms with Gasteiger partial charge in [0.25, 0.3) is 0 Å². The highest BCUT2D eigenvalue weighted by molar-refractivity contribution is 5.51. The lowest BCUT2D eigenvalue weighted by atomic mass is 10.0.